The molecule has 1 aliphatic carbocycles. The number of unbranched alkanes of at least 4 members (excludes halogenated alkanes) is 20. The molecule has 1 unspecified atom stereocenters. The van der Waals surface area contributed by atoms with E-state index in [4.69, 9.17) is 0 Å². The third kappa shape index (κ3) is 17.0. The molecule has 1 atom stereocenters. The third-order valence-corrected chi connectivity index (χ3v) is 7.62. The SMILES string of the molecule is CCCCCCCCCCCCCC(=O)C1=CC=CC1C(=O)CCCCCCCCCCCCC. The Morgan fingerprint density at radius 3 is 1.34 bits per heavy atom. The van der Waals surface area contributed by atoms with Crippen LogP contribution in [0.5, 0.6) is 0 Å². The van der Waals surface area contributed by atoms with E-state index in [1.54, 1.807) is 0 Å². The monoisotopic (exact) mass is 486 g/mol. The molecule has 0 radical (unpaired) electrons. The first-order valence-corrected chi connectivity index (χ1v) is 15.6. The Morgan fingerprint density at radius 1 is 0.543 bits per heavy atom. The van der Waals surface area contributed by atoms with Gasteiger partial charge < -0.3 is 0 Å². The van der Waals surface area contributed by atoms with Crippen molar-refractivity contribution < 1.29 is 9.59 Å². The second kappa shape index (κ2) is 23.2. The van der Waals surface area contributed by atoms with Crippen LogP contribution in [0.2, 0.25) is 0 Å². The fourth-order valence-corrected chi connectivity index (χ4v) is 5.24. The van der Waals surface area contributed by atoms with Crippen molar-refractivity contribution in [3.05, 3.63) is 23.8 Å². The minimum absolute atomic E-state index is 0.197. The van der Waals surface area contributed by atoms with Gasteiger partial charge in [-0.25, -0.2) is 0 Å². The van der Waals surface area contributed by atoms with Crippen molar-refractivity contribution in [2.24, 2.45) is 5.92 Å². The van der Waals surface area contributed by atoms with Crippen molar-refractivity contribution in [3.63, 3.8) is 0 Å². The van der Waals surface area contributed by atoms with E-state index in [9.17, 15) is 9.59 Å². The van der Waals surface area contributed by atoms with Crippen LogP contribution in [0.4, 0.5) is 0 Å². The Bertz CT molecular complexity index is 586. The molecule has 0 spiro atoms. The highest BCUT2D eigenvalue weighted by Crippen LogP contribution is 2.25. The van der Waals surface area contributed by atoms with Gasteiger partial charge in [-0.1, -0.05) is 160 Å². The Kier molecular flexibility index (Phi) is 21.1. The van der Waals surface area contributed by atoms with Gasteiger partial charge >= 0.3 is 0 Å². The van der Waals surface area contributed by atoms with Crippen LogP contribution in [0.3, 0.4) is 0 Å². The maximum atomic E-state index is 12.7. The van der Waals surface area contributed by atoms with E-state index < -0.39 is 0 Å². The van der Waals surface area contributed by atoms with Crippen molar-refractivity contribution in [2.75, 3.05) is 0 Å². The first-order valence-electron chi connectivity index (χ1n) is 15.6. The van der Waals surface area contributed by atoms with Crippen LogP contribution in [-0.2, 0) is 9.59 Å². The van der Waals surface area contributed by atoms with E-state index >= 15 is 0 Å². The van der Waals surface area contributed by atoms with Gasteiger partial charge in [0.25, 0.3) is 0 Å². The van der Waals surface area contributed by atoms with Gasteiger partial charge in [0.2, 0.25) is 0 Å². The van der Waals surface area contributed by atoms with Crippen LogP contribution in [0.25, 0.3) is 0 Å². The molecule has 0 N–H and O–H groups in total. The molecule has 0 aliphatic heterocycles. The third-order valence-electron chi connectivity index (χ3n) is 7.62. The molecule has 2 heteroatoms. The summed E-state index contributed by atoms with van der Waals surface area (Å²) in [4.78, 5) is 25.5. The summed E-state index contributed by atoms with van der Waals surface area (Å²) >= 11 is 0. The average Bonchev–Trinajstić information content (AvgIpc) is 3.36. The molecule has 0 saturated heterocycles. The maximum absolute atomic E-state index is 12.7. The molecule has 1 rings (SSSR count). The van der Waals surface area contributed by atoms with Gasteiger partial charge in [-0.3, -0.25) is 9.59 Å². The van der Waals surface area contributed by atoms with Crippen molar-refractivity contribution in [3.8, 4) is 0 Å². The zero-order chi connectivity index (χ0) is 25.4. The quantitative estimate of drug-likeness (QED) is 0.114. The number of Topliss-reactive ketones (excluding diaryl/α,β-unsaturated/α-hetero) is 2. The van der Waals surface area contributed by atoms with E-state index in [0.29, 0.717) is 12.8 Å². The zero-order valence-electron chi connectivity index (χ0n) is 23.6. The average molecular weight is 487 g/mol. The number of carbonyl (C=O) groups excluding carboxylic acids is 2. The topological polar surface area (TPSA) is 34.1 Å². The molecule has 35 heavy (non-hydrogen) atoms. The second-order valence-electron chi connectivity index (χ2n) is 10.9. The van der Waals surface area contributed by atoms with Crippen LogP contribution in [0.1, 0.15) is 168 Å². The number of carbonyl (C=O) groups is 2. The molecule has 202 valence electrons. The highest BCUT2D eigenvalue weighted by atomic mass is 16.1. The predicted molar refractivity (Wildman–Crippen MR) is 153 cm³/mol. The lowest BCUT2D eigenvalue weighted by Gasteiger charge is -2.12. The summed E-state index contributed by atoms with van der Waals surface area (Å²) in [6.07, 6.45) is 35.4. The van der Waals surface area contributed by atoms with Crippen LogP contribution in [0.15, 0.2) is 23.8 Å². The Morgan fingerprint density at radius 2 is 0.914 bits per heavy atom. The molecule has 0 amide bonds. The first-order chi connectivity index (χ1) is 17.2. The summed E-state index contributed by atoms with van der Waals surface area (Å²) in [7, 11) is 0. The fourth-order valence-electron chi connectivity index (χ4n) is 5.24. The smallest absolute Gasteiger partial charge is 0.159 e. The van der Waals surface area contributed by atoms with Crippen molar-refractivity contribution >= 4 is 11.6 Å². The summed E-state index contributed by atoms with van der Waals surface area (Å²) in [6.45, 7) is 4.53. The number of allylic oxidation sites excluding steroid dienone is 4. The molecule has 0 saturated carbocycles. The van der Waals surface area contributed by atoms with E-state index in [1.807, 2.05) is 18.2 Å². The van der Waals surface area contributed by atoms with Gasteiger partial charge in [-0.05, 0) is 12.8 Å². The Balaban J connectivity index is 2.03. The minimum Gasteiger partial charge on any atom is -0.299 e. The molecular weight excluding hydrogens is 428 g/mol. The van der Waals surface area contributed by atoms with Gasteiger partial charge in [0.1, 0.15) is 5.78 Å². The van der Waals surface area contributed by atoms with Crippen LogP contribution < -0.4 is 0 Å². The molecule has 0 fully saturated rings. The normalized spacial score (nSPS) is 15.0. The molecule has 0 bridgehead atoms. The lowest BCUT2D eigenvalue weighted by atomic mass is 9.90. The molecular formula is C33H58O2. The van der Waals surface area contributed by atoms with Gasteiger partial charge in [-0.2, -0.15) is 0 Å². The summed E-state index contributed by atoms with van der Waals surface area (Å²) in [5.74, 6) is 0.176. The standard InChI is InChI=1S/C33H58O2/c1-3-5-7-9-11-13-15-17-19-21-23-28-32(34)30-26-25-27-31(30)33(35)29-24-22-20-18-16-14-12-10-8-6-4-2/h25-27,30H,3-24,28-29H2,1-2H3. The van der Waals surface area contributed by atoms with Crippen molar-refractivity contribution in [1.82, 2.24) is 0 Å². The van der Waals surface area contributed by atoms with Crippen LogP contribution >= 0.6 is 0 Å². The molecule has 0 aromatic heterocycles. The van der Waals surface area contributed by atoms with Crippen LogP contribution in [0, 0.1) is 5.92 Å². The van der Waals surface area contributed by atoms with Gasteiger partial charge in [-0.15, -0.1) is 0 Å². The minimum atomic E-state index is -0.265. The first kappa shape index (κ1) is 31.8. The summed E-state index contributed by atoms with van der Waals surface area (Å²) in [5, 5.41) is 0. The lowest BCUT2D eigenvalue weighted by Crippen LogP contribution is -2.18. The molecule has 0 heterocycles. The molecule has 0 aromatic rings. The van der Waals surface area contributed by atoms with Crippen LogP contribution in [-0.4, -0.2) is 11.6 Å². The van der Waals surface area contributed by atoms with Gasteiger partial charge in [0, 0.05) is 18.4 Å². The highest BCUT2D eigenvalue weighted by molar-refractivity contribution is 6.04. The number of hydrogen-bond acceptors (Lipinski definition) is 2. The van der Waals surface area contributed by atoms with Gasteiger partial charge in [0.15, 0.2) is 5.78 Å². The molecule has 0 aromatic carbocycles. The van der Waals surface area contributed by atoms with E-state index in [1.165, 1.54) is 116 Å². The van der Waals surface area contributed by atoms with Gasteiger partial charge in [0.05, 0.1) is 5.92 Å². The zero-order valence-corrected chi connectivity index (χ0v) is 23.6. The van der Waals surface area contributed by atoms with E-state index in [-0.39, 0.29) is 17.5 Å². The summed E-state index contributed by atoms with van der Waals surface area (Å²) in [6, 6.07) is 0. The number of hydrogen-bond donors (Lipinski definition) is 0. The lowest BCUT2D eigenvalue weighted by molar-refractivity contribution is -0.123. The maximum Gasteiger partial charge on any atom is 0.159 e. The molecule has 1 aliphatic rings. The molecule has 2 nitrogen and oxygen atoms in total. The second-order valence-corrected chi connectivity index (χ2v) is 10.9. The van der Waals surface area contributed by atoms with Crippen molar-refractivity contribution in [1.29, 1.82) is 0 Å². The Labute approximate surface area is 218 Å². The van der Waals surface area contributed by atoms with Crippen molar-refractivity contribution in [2.45, 2.75) is 168 Å². The Hall–Kier alpha value is -1.18. The predicted octanol–water partition coefficient (Wildman–Crippen LogP) is 10.6. The largest absolute Gasteiger partial charge is 0.299 e. The van der Waals surface area contributed by atoms with E-state index in [2.05, 4.69) is 13.8 Å². The highest BCUT2D eigenvalue weighted by Gasteiger charge is 2.26. The fraction of sp³-hybridized carbons (Fsp3) is 0.818. The number of rotatable bonds is 26. The summed E-state index contributed by atoms with van der Waals surface area (Å²) in [5.41, 5.74) is 0.755. The summed E-state index contributed by atoms with van der Waals surface area (Å²) < 4.78 is 0. The van der Waals surface area contributed by atoms with E-state index in [0.717, 1.165) is 31.3 Å². The number of ketones is 2.